The number of benzene rings is 1. The summed E-state index contributed by atoms with van der Waals surface area (Å²) < 4.78 is 1.02. The number of hydrogen-bond acceptors (Lipinski definition) is 2. The van der Waals surface area contributed by atoms with E-state index in [1.165, 1.54) is 0 Å². The van der Waals surface area contributed by atoms with Crippen LogP contribution in [0.2, 0.25) is 0 Å². The van der Waals surface area contributed by atoms with Gasteiger partial charge >= 0.3 is 5.97 Å². The largest absolute Gasteiger partial charge is 0.481 e. The highest BCUT2D eigenvalue weighted by Gasteiger charge is 2.20. The highest BCUT2D eigenvalue weighted by molar-refractivity contribution is 9.10. The Labute approximate surface area is 102 Å². The molecule has 0 bridgehead atoms. The summed E-state index contributed by atoms with van der Waals surface area (Å²) in [5.74, 6) is -1.08. The number of halogens is 1. The third kappa shape index (κ3) is 3.87. The summed E-state index contributed by atoms with van der Waals surface area (Å²) in [5.41, 5.74) is 0. The molecule has 0 aromatic heterocycles. The molecule has 0 radical (unpaired) electrons. The van der Waals surface area contributed by atoms with Gasteiger partial charge in [-0.15, -0.1) is 11.8 Å². The van der Waals surface area contributed by atoms with Gasteiger partial charge in [0.15, 0.2) is 0 Å². The topological polar surface area (TPSA) is 37.3 Å². The van der Waals surface area contributed by atoms with Gasteiger partial charge in [0.2, 0.25) is 0 Å². The van der Waals surface area contributed by atoms with Crippen molar-refractivity contribution >= 4 is 33.7 Å². The maximum absolute atomic E-state index is 10.8. The van der Waals surface area contributed by atoms with Crippen molar-refractivity contribution in [3.63, 3.8) is 0 Å². The van der Waals surface area contributed by atoms with E-state index in [0.29, 0.717) is 0 Å². The summed E-state index contributed by atoms with van der Waals surface area (Å²) in [4.78, 5) is 11.9. The Kier molecular flexibility index (Phi) is 4.67. The van der Waals surface area contributed by atoms with Crippen LogP contribution in [0.4, 0.5) is 0 Å². The van der Waals surface area contributed by atoms with Crippen molar-refractivity contribution in [3.8, 4) is 0 Å². The van der Waals surface area contributed by atoms with Gasteiger partial charge in [-0.25, -0.2) is 0 Å². The highest BCUT2D eigenvalue weighted by Crippen LogP contribution is 2.29. The average Bonchev–Trinajstić information content (AvgIpc) is 2.16. The minimum atomic E-state index is -0.745. The zero-order valence-corrected chi connectivity index (χ0v) is 11.0. The zero-order chi connectivity index (χ0) is 11.4. The number of hydrogen-bond donors (Lipinski definition) is 1. The van der Waals surface area contributed by atoms with E-state index in [4.69, 9.17) is 5.11 Å². The van der Waals surface area contributed by atoms with Crippen molar-refractivity contribution in [1.82, 2.24) is 0 Å². The van der Waals surface area contributed by atoms with Gasteiger partial charge in [-0.05, 0) is 18.2 Å². The summed E-state index contributed by atoms with van der Waals surface area (Å²) in [6.45, 7) is 3.67. The molecular formula is C11H13BrO2S. The van der Waals surface area contributed by atoms with Gasteiger partial charge in [-0.2, -0.15) is 0 Å². The number of rotatable bonds is 4. The average molecular weight is 289 g/mol. The van der Waals surface area contributed by atoms with Crippen LogP contribution in [0.5, 0.6) is 0 Å². The molecule has 1 rings (SSSR count). The fraction of sp³-hybridized carbons (Fsp3) is 0.364. The Bertz CT molecular complexity index is 354. The van der Waals surface area contributed by atoms with Crippen LogP contribution in [0.1, 0.15) is 13.8 Å². The van der Waals surface area contributed by atoms with E-state index < -0.39 is 5.97 Å². The molecule has 2 atom stereocenters. The lowest BCUT2D eigenvalue weighted by atomic mass is 10.1. The van der Waals surface area contributed by atoms with E-state index in [9.17, 15) is 4.79 Å². The van der Waals surface area contributed by atoms with E-state index in [0.717, 1.165) is 9.37 Å². The van der Waals surface area contributed by atoms with Crippen LogP contribution in [-0.4, -0.2) is 16.3 Å². The third-order valence-electron chi connectivity index (χ3n) is 2.21. The lowest BCUT2D eigenvalue weighted by Crippen LogP contribution is -2.19. The van der Waals surface area contributed by atoms with Crippen LogP contribution >= 0.6 is 27.7 Å². The molecule has 1 aromatic carbocycles. The SMILES string of the molecule is CC(Sc1cccc(Br)c1)C(C)C(=O)O. The molecule has 0 aliphatic heterocycles. The Balaban J connectivity index is 2.66. The van der Waals surface area contributed by atoms with E-state index >= 15 is 0 Å². The Hall–Kier alpha value is -0.480. The number of carbonyl (C=O) groups is 1. The molecular weight excluding hydrogens is 276 g/mol. The molecule has 15 heavy (non-hydrogen) atoms. The molecule has 4 heteroatoms. The zero-order valence-electron chi connectivity index (χ0n) is 8.61. The first kappa shape index (κ1) is 12.6. The second kappa shape index (κ2) is 5.56. The van der Waals surface area contributed by atoms with E-state index in [1.807, 2.05) is 31.2 Å². The monoisotopic (exact) mass is 288 g/mol. The number of aliphatic carboxylic acids is 1. The van der Waals surface area contributed by atoms with Crippen LogP contribution in [0.3, 0.4) is 0 Å². The van der Waals surface area contributed by atoms with Crippen molar-refractivity contribution in [2.24, 2.45) is 5.92 Å². The van der Waals surface area contributed by atoms with Crippen molar-refractivity contribution in [2.75, 3.05) is 0 Å². The van der Waals surface area contributed by atoms with E-state index in [2.05, 4.69) is 15.9 Å². The second-order valence-electron chi connectivity index (χ2n) is 3.41. The van der Waals surface area contributed by atoms with Gasteiger partial charge in [-0.3, -0.25) is 4.79 Å². The van der Waals surface area contributed by atoms with Gasteiger partial charge < -0.3 is 5.11 Å². The normalized spacial score (nSPS) is 14.6. The molecule has 0 aliphatic carbocycles. The Morgan fingerprint density at radius 1 is 1.47 bits per heavy atom. The summed E-state index contributed by atoms with van der Waals surface area (Å²) in [7, 11) is 0. The van der Waals surface area contributed by atoms with Crippen LogP contribution in [0, 0.1) is 5.92 Å². The number of carboxylic acid groups (broad SMARTS) is 1. The van der Waals surface area contributed by atoms with Crippen LogP contribution in [-0.2, 0) is 4.79 Å². The van der Waals surface area contributed by atoms with Gasteiger partial charge in [0.1, 0.15) is 0 Å². The van der Waals surface area contributed by atoms with E-state index in [1.54, 1.807) is 18.7 Å². The minimum absolute atomic E-state index is 0.0665. The lowest BCUT2D eigenvalue weighted by molar-refractivity contribution is -0.140. The maximum Gasteiger partial charge on any atom is 0.307 e. The van der Waals surface area contributed by atoms with Gasteiger partial charge in [0.05, 0.1) is 5.92 Å². The molecule has 82 valence electrons. The molecule has 0 fully saturated rings. The number of carboxylic acids is 1. The predicted molar refractivity (Wildman–Crippen MR) is 66.3 cm³/mol. The standard InChI is InChI=1S/C11H13BrO2S/c1-7(11(13)14)8(2)15-10-5-3-4-9(12)6-10/h3-8H,1-2H3,(H,13,14). The Morgan fingerprint density at radius 2 is 2.13 bits per heavy atom. The van der Waals surface area contributed by atoms with Gasteiger partial charge in [0, 0.05) is 14.6 Å². The van der Waals surface area contributed by atoms with Gasteiger partial charge in [0.25, 0.3) is 0 Å². The summed E-state index contributed by atoms with van der Waals surface area (Å²) in [5, 5.41) is 8.93. The third-order valence-corrected chi connectivity index (χ3v) is 4.01. The first-order valence-corrected chi connectivity index (χ1v) is 6.33. The molecule has 1 N–H and O–H groups in total. The minimum Gasteiger partial charge on any atom is -0.481 e. The molecule has 2 unspecified atom stereocenters. The molecule has 0 saturated carbocycles. The fourth-order valence-corrected chi connectivity index (χ4v) is 2.71. The molecule has 0 aliphatic rings. The molecule has 2 nitrogen and oxygen atoms in total. The van der Waals surface area contributed by atoms with E-state index in [-0.39, 0.29) is 11.2 Å². The molecule has 0 amide bonds. The summed E-state index contributed by atoms with van der Waals surface area (Å²) >= 11 is 4.97. The molecule has 0 saturated heterocycles. The quantitative estimate of drug-likeness (QED) is 0.860. The van der Waals surface area contributed by atoms with Crippen LogP contribution in [0.15, 0.2) is 33.6 Å². The highest BCUT2D eigenvalue weighted by atomic mass is 79.9. The van der Waals surface area contributed by atoms with Crippen molar-refractivity contribution in [3.05, 3.63) is 28.7 Å². The van der Waals surface area contributed by atoms with Crippen molar-refractivity contribution in [2.45, 2.75) is 24.0 Å². The predicted octanol–water partition coefficient (Wildman–Crippen LogP) is 3.65. The first-order valence-electron chi connectivity index (χ1n) is 4.65. The summed E-state index contributed by atoms with van der Waals surface area (Å²) in [6.07, 6.45) is 0. The van der Waals surface area contributed by atoms with Crippen LogP contribution < -0.4 is 0 Å². The second-order valence-corrected chi connectivity index (χ2v) is 5.77. The van der Waals surface area contributed by atoms with Crippen molar-refractivity contribution in [1.29, 1.82) is 0 Å². The smallest absolute Gasteiger partial charge is 0.307 e. The van der Waals surface area contributed by atoms with Gasteiger partial charge in [-0.1, -0.05) is 35.8 Å². The fourth-order valence-electron chi connectivity index (χ4n) is 1.06. The molecule has 0 spiro atoms. The van der Waals surface area contributed by atoms with Crippen LogP contribution in [0.25, 0.3) is 0 Å². The van der Waals surface area contributed by atoms with Crippen molar-refractivity contribution < 1.29 is 9.90 Å². The first-order chi connectivity index (χ1) is 7.00. The molecule has 0 heterocycles. The Morgan fingerprint density at radius 3 is 2.67 bits per heavy atom. The maximum atomic E-state index is 10.8. The summed E-state index contributed by atoms with van der Waals surface area (Å²) in [6, 6.07) is 7.89. The lowest BCUT2D eigenvalue weighted by Gasteiger charge is -2.15. The number of thioether (sulfide) groups is 1. The molecule has 1 aromatic rings.